The molecule has 1 N–H and O–H groups in total. The molecule has 128 valence electrons. The van der Waals surface area contributed by atoms with E-state index in [0.29, 0.717) is 19.7 Å². The first-order valence-electron chi connectivity index (χ1n) is 8.10. The summed E-state index contributed by atoms with van der Waals surface area (Å²) in [6.07, 6.45) is 5.08. The number of β-amino-alcohol motifs (C(OH)–C–C–N with tert-alkyl or cyclic N) is 1. The molecule has 24 heavy (non-hydrogen) atoms. The Hall–Kier alpha value is -2.02. The summed E-state index contributed by atoms with van der Waals surface area (Å²) in [7, 11) is 0. The minimum absolute atomic E-state index is 0.188. The van der Waals surface area contributed by atoms with E-state index in [-0.39, 0.29) is 13.2 Å². The number of aliphatic hydroxyl groups is 1. The summed E-state index contributed by atoms with van der Waals surface area (Å²) in [6.45, 7) is 4.87. The number of nitrogens with zero attached hydrogens (tertiary/aromatic N) is 3. The molecule has 6 heteroatoms. The molecule has 1 aromatic carbocycles. The maximum atomic E-state index is 10.9. The molecule has 1 saturated heterocycles. The van der Waals surface area contributed by atoms with Crippen LogP contribution in [0.15, 0.2) is 42.9 Å². The first-order chi connectivity index (χ1) is 11.6. The second-order valence-electron chi connectivity index (χ2n) is 6.29. The fraction of sp³-hybridized carbons (Fsp3) is 0.444. The number of hydrogen-bond acceptors (Lipinski definition) is 6. The van der Waals surface area contributed by atoms with Crippen LogP contribution >= 0.6 is 0 Å². The molecule has 0 aliphatic carbocycles. The van der Waals surface area contributed by atoms with Gasteiger partial charge in [-0.2, -0.15) is 0 Å². The Labute approximate surface area is 142 Å². The zero-order valence-corrected chi connectivity index (χ0v) is 13.9. The summed E-state index contributed by atoms with van der Waals surface area (Å²) >= 11 is 0. The van der Waals surface area contributed by atoms with Crippen LogP contribution in [0.5, 0.6) is 5.75 Å². The molecular formula is C18H23N3O3. The van der Waals surface area contributed by atoms with Crippen molar-refractivity contribution in [2.75, 3.05) is 32.9 Å². The van der Waals surface area contributed by atoms with E-state index in [0.717, 1.165) is 23.6 Å². The van der Waals surface area contributed by atoms with E-state index < -0.39 is 5.60 Å². The van der Waals surface area contributed by atoms with Gasteiger partial charge in [-0.15, -0.1) is 0 Å². The van der Waals surface area contributed by atoms with Gasteiger partial charge in [-0.25, -0.2) is 0 Å². The van der Waals surface area contributed by atoms with Crippen molar-refractivity contribution in [3.63, 3.8) is 0 Å². The largest absolute Gasteiger partial charge is 0.490 e. The van der Waals surface area contributed by atoms with Gasteiger partial charge in [0, 0.05) is 38.2 Å². The molecule has 0 amide bonds. The Bertz CT molecular complexity index is 653. The molecule has 0 radical (unpaired) electrons. The predicted molar refractivity (Wildman–Crippen MR) is 89.8 cm³/mol. The smallest absolute Gasteiger partial charge is 0.134 e. The summed E-state index contributed by atoms with van der Waals surface area (Å²) in [6, 6.07) is 7.81. The van der Waals surface area contributed by atoms with Crippen molar-refractivity contribution in [2.45, 2.75) is 19.1 Å². The topological polar surface area (TPSA) is 67.7 Å². The minimum Gasteiger partial charge on any atom is -0.490 e. The van der Waals surface area contributed by atoms with Crippen molar-refractivity contribution >= 4 is 0 Å². The second-order valence-corrected chi connectivity index (χ2v) is 6.29. The van der Waals surface area contributed by atoms with Gasteiger partial charge in [0.25, 0.3) is 0 Å². The number of ether oxygens (including phenoxy) is 2. The van der Waals surface area contributed by atoms with Crippen LogP contribution in [0.2, 0.25) is 0 Å². The third-order valence-electron chi connectivity index (χ3n) is 3.94. The third-order valence-corrected chi connectivity index (χ3v) is 3.94. The predicted octanol–water partition coefficient (Wildman–Crippen LogP) is 1.43. The lowest BCUT2D eigenvalue weighted by molar-refractivity contribution is -0.0647. The van der Waals surface area contributed by atoms with E-state index in [2.05, 4.69) is 14.9 Å². The summed E-state index contributed by atoms with van der Waals surface area (Å²) < 4.78 is 11.4. The molecule has 1 aliphatic rings. The normalized spacial score (nSPS) is 22.1. The zero-order chi connectivity index (χ0) is 16.8. The van der Waals surface area contributed by atoms with Crippen molar-refractivity contribution in [3.05, 3.63) is 54.1 Å². The van der Waals surface area contributed by atoms with Crippen LogP contribution < -0.4 is 4.74 Å². The van der Waals surface area contributed by atoms with Crippen LogP contribution in [0.1, 0.15) is 11.3 Å². The van der Waals surface area contributed by atoms with Crippen molar-refractivity contribution in [3.8, 4) is 5.75 Å². The van der Waals surface area contributed by atoms with Crippen LogP contribution in [0.25, 0.3) is 0 Å². The van der Waals surface area contributed by atoms with Gasteiger partial charge in [0.1, 0.15) is 18.0 Å². The number of benzene rings is 1. The SMILES string of the molecule is Cc1cccc(OCC2(O)COCCN(Cc3cnccn3)C2)c1. The third kappa shape index (κ3) is 4.74. The fourth-order valence-corrected chi connectivity index (χ4v) is 2.78. The van der Waals surface area contributed by atoms with Gasteiger partial charge in [0.15, 0.2) is 0 Å². The zero-order valence-electron chi connectivity index (χ0n) is 13.9. The first kappa shape index (κ1) is 16.8. The van der Waals surface area contributed by atoms with Gasteiger partial charge in [-0.1, -0.05) is 12.1 Å². The Kier molecular flexibility index (Phi) is 5.40. The molecule has 1 unspecified atom stereocenters. The molecule has 2 aromatic rings. The fourth-order valence-electron chi connectivity index (χ4n) is 2.78. The van der Waals surface area contributed by atoms with Crippen LogP contribution in [-0.2, 0) is 11.3 Å². The summed E-state index contributed by atoms with van der Waals surface area (Å²) in [5.41, 5.74) is 0.949. The number of hydrogen-bond donors (Lipinski definition) is 1. The molecular weight excluding hydrogens is 306 g/mol. The highest BCUT2D eigenvalue weighted by Crippen LogP contribution is 2.18. The summed E-state index contributed by atoms with van der Waals surface area (Å²) in [5.74, 6) is 0.758. The van der Waals surface area contributed by atoms with E-state index in [4.69, 9.17) is 9.47 Å². The van der Waals surface area contributed by atoms with Gasteiger partial charge in [0.2, 0.25) is 0 Å². The number of aromatic nitrogens is 2. The Morgan fingerprint density at radius 3 is 3.08 bits per heavy atom. The van der Waals surface area contributed by atoms with E-state index in [9.17, 15) is 5.11 Å². The van der Waals surface area contributed by atoms with Crippen LogP contribution in [-0.4, -0.2) is 58.5 Å². The Balaban J connectivity index is 1.62. The highest BCUT2D eigenvalue weighted by molar-refractivity contribution is 5.27. The molecule has 0 bridgehead atoms. The molecule has 0 saturated carbocycles. The average Bonchev–Trinajstić information content (AvgIpc) is 2.76. The Morgan fingerprint density at radius 2 is 2.29 bits per heavy atom. The average molecular weight is 329 g/mol. The first-order valence-corrected chi connectivity index (χ1v) is 8.10. The molecule has 1 aromatic heterocycles. The highest BCUT2D eigenvalue weighted by atomic mass is 16.5. The van der Waals surface area contributed by atoms with Crippen molar-refractivity contribution in [1.82, 2.24) is 14.9 Å². The van der Waals surface area contributed by atoms with E-state index in [1.807, 2.05) is 31.2 Å². The lowest BCUT2D eigenvalue weighted by Crippen LogP contribution is -2.48. The van der Waals surface area contributed by atoms with Crippen LogP contribution in [0, 0.1) is 6.92 Å². The van der Waals surface area contributed by atoms with E-state index in [1.165, 1.54) is 0 Å². The van der Waals surface area contributed by atoms with Gasteiger partial charge >= 0.3 is 0 Å². The maximum Gasteiger partial charge on any atom is 0.134 e. The van der Waals surface area contributed by atoms with Crippen LogP contribution in [0.3, 0.4) is 0 Å². The van der Waals surface area contributed by atoms with Gasteiger partial charge in [-0.05, 0) is 24.6 Å². The molecule has 6 nitrogen and oxygen atoms in total. The maximum absolute atomic E-state index is 10.9. The molecule has 1 atom stereocenters. The van der Waals surface area contributed by atoms with Crippen LogP contribution in [0.4, 0.5) is 0 Å². The molecule has 3 rings (SSSR count). The second kappa shape index (κ2) is 7.70. The molecule has 0 spiro atoms. The minimum atomic E-state index is -1.05. The quantitative estimate of drug-likeness (QED) is 0.895. The Morgan fingerprint density at radius 1 is 1.38 bits per heavy atom. The van der Waals surface area contributed by atoms with Gasteiger partial charge < -0.3 is 14.6 Å². The lowest BCUT2D eigenvalue weighted by Gasteiger charge is -2.30. The molecule has 1 fully saturated rings. The van der Waals surface area contributed by atoms with Crippen molar-refractivity contribution in [1.29, 1.82) is 0 Å². The van der Waals surface area contributed by atoms with E-state index in [1.54, 1.807) is 18.6 Å². The van der Waals surface area contributed by atoms with Crippen molar-refractivity contribution in [2.24, 2.45) is 0 Å². The number of rotatable bonds is 5. The summed E-state index contributed by atoms with van der Waals surface area (Å²) in [5, 5.41) is 10.9. The van der Waals surface area contributed by atoms with Crippen molar-refractivity contribution < 1.29 is 14.6 Å². The van der Waals surface area contributed by atoms with Gasteiger partial charge in [-0.3, -0.25) is 14.9 Å². The molecule has 1 aliphatic heterocycles. The highest BCUT2D eigenvalue weighted by Gasteiger charge is 2.33. The lowest BCUT2D eigenvalue weighted by atomic mass is 10.1. The monoisotopic (exact) mass is 329 g/mol. The standard InChI is InChI=1S/C18H23N3O3/c1-15-3-2-4-17(9-15)24-14-18(22)12-21(7-8-23-13-18)11-16-10-19-5-6-20-16/h2-6,9-10,22H,7-8,11-14H2,1H3. The number of aryl methyl sites for hydroxylation is 1. The van der Waals surface area contributed by atoms with Gasteiger partial charge in [0.05, 0.1) is 18.9 Å². The molecule has 2 heterocycles. The van der Waals surface area contributed by atoms with E-state index >= 15 is 0 Å². The summed E-state index contributed by atoms with van der Waals surface area (Å²) in [4.78, 5) is 10.5.